The number of nitrogens with two attached hydrogens (primary N) is 1. The summed E-state index contributed by atoms with van der Waals surface area (Å²) in [6.07, 6.45) is 2.40. The van der Waals surface area contributed by atoms with Crippen LogP contribution in [0.15, 0.2) is 6.20 Å². The van der Waals surface area contributed by atoms with Crippen molar-refractivity contribution < 1.29 is 9.53 Å². The topological polar surface area (TPSA) is 73.4 Å². The van der Waals surface area contributed by atoms with Gasteiger partial charge in [-0.1, -0.05) is 0 Å². The third kappa shape index (κ3) is 3.54. The third-order valence-corrected chi connectivity index (χ3v) is 2.95. The fourth-order valence-corrected chi connectivity index (χ4v) is 1.68. The number of rotatable bonds is 7. The lowest BCUT2D eigenvalue weighted by Gasteiger charge is -2.22. The molecule has 0 radical (unpaired) electrons. The molecule has 0 unspecified atom stereocenters. The fraction of sp³-hybridized carbons (Fsp3) is 0.667. The molecule has 6 heteroatoms. The van der Waals surface area contributed by atoms with Gasteiger partial charge in [-0.2, -0.15) is 5.10 Å². The maximum atomic E-state index is 12.4. The summed E-state index contributed by atoms with van der Waals surface area (Å²) in [5.74, 6) is -0.00824. The van der Waals surface area contributed by atoms with Crippen LogP contribution in [0, 0.1) is 6.92 Å². The molecule has 0 saturated heterocycles. The molecule has 2 N–H and O–H groups in total. The predicted molar refractivity (Wildman–Crippen MR) is 69.4 cm³/mol. The highest BCUT2D eigenvalue weighted by molar-refractivity contribution is 5.95. The first-order valence-electron chi connectivity index (χ1n) is 6.08. The van der Waals surface area contributed by atoms with Crippen LogP contribution in [0.3, 0.4) is 0 Å². The summed E-state index contributed by atoms with van der Waals surface area (Å²) in [6, 6.07) is 0. The largest absolute Gasteiger partial charge is 0.383 e. The molecule has 0 aliphatic carbocycles. The maximum absolute atomic E-state index is 12.4. The van der Waals surface area contributed by atoms with Gasteiger partial charge in [-0.3, -0.25) is 9.48 Å². The van der Waals surface area contributed by atoms with Crippen LogP contribution in [0.5, 0.6) is 0 Å². The third-order valence-electron chi connectivity index (χ3n) is 2.95. The first-order valence-corrected chi connectivity index (χ1v) is 6.08. The standard InChI is InChI=1S/C12H22N4O2/c1-10-11(9-14-15(10)2)12(17)16(6-4-5-13)7-8-18-3/h9H,4-8,13H2,1-3H3. The molecule has 1 amide bonds. The zero-order chi connectivity index (χ0) is 13.5. The Bertz CT molecular complexity index is 381. The van der Waals surface area contributed by atoms with Crippen molar-refractivity contribution in [1.29, 1.82) is 0 Å². The molecular formula is C12H22N4O2. The highest BCUT2D eigenvalue weighted by Crippen LogP contribution is 2.10. The molecule has 1 aromatic heterocycles. The van der Waals surface area contributed by atoms with Crippen molar-refractivity contribution >= 4 is 5.91 Å². The van der Waals surface area contributed by atoms with Gasteiger partial charge in [0.1, 0.15) is 0 Å². The van der Waals surface area contributed by atoms with Gasteiger partial charge >= 0.3 is 0 Å². The van der Waals surface area contributed by atoms with E-state index in [1.807, 2.05) is 14.0 Å². The average molecular weight is 254 g/mol. The number of carbonyl (C=O) groups is 1. The highest BCUT2D eigenvalue weighted by atomic mass is 16.5. The summed E-state index contributed by atoms with van der Waals surface area (Å²) < 4.78 is 6.73. The molecule has 0 atom stereocenters. The number of nitrogens with zero attached hydrogens (tertiary/aromatic N) is 3. The van der Waals surface area contributed by atoms with Crippen LogP contribution in [0.2, 0.25) is 0 Å². The molecule has 18 heavy (non-hydrogen) atoms. The Balaban J connectivity index is 2.77. The molecule has 1 rings (SSSR count). The van der Waals surface area contributed by atoms with Crippen molar-refractivity contribution in [2.75, 3.05) is 33.4 Å². The minimum Gasteiger partial charge on any atom is -0.383 e. The summed E-state index contributed by atoms with van der Waals surface area (Å²) >= 11 is 0. The minimum absolute atomic E-state index is 0.00824. The number of hydrogen-bond acceptors (Lipinski definition) is 4. The van der Waals surface area contributed by atoms with Gasteiger partial charge in [0.25, 0.3) is 5.91 Å². The van der Waals surface area contributed by atoms with E-state index >= 15 is 0 Å². The van der Waals surface area contributed by atoms with Gasteiger partial charge in [0.2, 0.25) is 0 Å². The number of aromatic nitrogens is 2. The molecule has 1 heterocycles. The van der Waals surface area contributed by atoms with E-state index in [0.717, 1.165) is 12.1 Å². The number of methoxy groups -OCH3 is 1. The summed E-state index contributed by atoms with van der Waals surface area (Å²) in [7, 11) is 3.45. The molecule has 0 saturated carbocycles. The Kier molecular flexibility index (Phi) is 5.80. The molecule has 0 aliphatic heterocycles. The van der Waals surface area contributed by atoms with Gasteiger partial charge in [-0.05, 0) is 19.9 Å². The first kappa shape index (κ1) is 14.7. The molecule has 0 bridgehead atoms. The van der Waals surface area contributed by atoms with Crippen LogP contribution in [0.25, 0.3) is 0 Å². The van der Waals surface area contributed by atoms with Crippen LogP contribution in [0.1, 0.15) is 22.5 Å². The van der Waals surface area contributed by atoms with E-state index < -0.39 is 0 Å². The van der Waals surface area contributed by atoms with E-state index in [-0.39, 0.29) is 5.91 Å². The summed E-state index contributed by atoms with van der Waals surface area (Å²) in [6.45, 7) is 4.20. The van der Waals surface area contributed by atoms with Gasteiger partial charge < -0.3 is 15.4 Å². The Labute approximate surface area is 108 Å². The average Bonchev–Trinajstić information content (AvgIpc) is 2.69. The molecule has 6 nitrogen and oxygen atoms in total. The second kappa shape index (κ2) is 7.13. The Morgan fingerprint density at radius 1 is 1.56 bits per heavy atom. The Hall–Kier alpha value is -1.40. The normalized spacial score (nSPS) is 10.7. The van der Waals surface area contributed by atoms with Crippen LogP contribution >= 0.6 is 0 Å². The van der Waals surface area contributed by atoms with Gasteiger partial charge in [0.05, 0.1) is 18.4 Å². The van der Waals surface area contributed by atoms with Crippen molar-refractivity contribution in [2.24, 2.45) is 12.8 Å². The molecule has 0 aromatic carbocycles. The fourth-order valence-electron chi connectivity index (χ4n) is 1.68. The summed E-state index contributed by atoms with van der Waals surface area (Å²) in [5.41, 5.74) is 7.01. The van der Waals surface area contributed by atoms with E-state index in [4.69, 9.17) is 10.5 Å². The number of carbonyl (C=O) groups excluding carboxylic acids is 1. The second-order valence-corrected chi connectivity index (χ2v) is 4.19. The predicted octanol–water partition coefficient (Wildman–Crippen LogP) is 0.166. The van der Waals surface area contributed by atoms with E-state index in [0.29, 0.717) is 31.8 Å². The number of hydrogen-bond donors (Lipinski definition) is 1. The number of aryl methyl sites for hydroxylation is 1. The lowest BCUT2D eigenvalue weighted by atomic mass is 10.2. The molecule has 102 valence electrons. The van der Waals surface area contributed by atoms with E-state index in [2.05, 4.69) is 5.10 Å². The first-order chi connectivity index (χ1) is 8.61. The smallest absolute Gasteiger partial charge is 0.257 e. The lowest BCUT2D eigenvalue weighted by molar-refractivity contribution is 0.0693. The van der Waals surface area contributed by atoms with Gasteiger partial charge in [-0.15, -0.1) is 0 Å². The van der Waals surface area contributed by atoms with E-state index in [1.165, 1.54) is 0 Å². The highest BCUT2D eigenvalue weighted by Gasteiger charge is 2.19. The van der Waals surface area contributed by atoms with Crippen molar-refractivity contribution in [3.8, 4) is 0 Å². The van der Waals surface area contributed by atoms with Crippen molar-refractivity contribution in [3.05, 3.63) is 17.5 Å². The Morgan fingerprint density at radius 2 is 2.28 bits per heavy atom. The maximum Gasteiger partial charge on any atom is 0.257 e. The molecule has 0 fully saturated rings. The summed E-state index contributed by atoms with van der Waals surface area (Å²) in [5, 5.41) is 4.09. The van der Waals surface area contributed by atoms with Crippen LogP contribution in [-0.4, -0.2) is 53.9 Å². The minimum atomic E-state index is -0.00824. The molecule has 0 aliphatic rings. The molecule has 1 aromatic rings. The van der Waals surface area contributed by atoms with E-state index in [9.17, 15) is 4.79 Å². The van der Waals surface area contributed by atoms with Crippen molar-refractivity contribution in [3.63, 3.8) is 0 Å². The number of ether oxygens (including phenoxy) is 1. The monoisotopic (exact) mass is 254 g/mol. The van der Waals surface area contributed by atoms with Gasteiger partial charge in [0.15, 0.2) is 0 Å². The Morgan fingerprint density at radius 3 is 2.78 bits per heavy atom. The zero-order valence-electron chi connectivity index (χ0n) is 11.3. The lowest BCUT2D eigenvalue weighted by Crippen LogP contribution is -2.35. The van der Waals surface area contributed by atoms with Crippen molar-refractivity contribution in [1.82, 2.24) is 14.7 Å². The molecular weight excluding hydrogens is 232 g/mol. The van der Waals surface area contributed by atoms with Gasteiger partial charge in [0, 0.05) is 32.9 Å². The molecule has 0 spiro atoms. The van der Waals surface area contributed by atoms with Crippen molar-refractivity contribution in [2.45, 2.75) is 13.3 Å². The zero-order valence-corrected chi connectivity index (χ0v) is 11.3. The van der Waals surface area contributed by atoms with Crippen LogP contribution in [0.4, 0.5) is 0 Å². The summed E-state index contributed by atoms with van der Waals surface area (Å²) in [4.78, 5) is 14.1. The quantitative estimate of drug-likeness (QED) is 0.752. The van der Waals surface area contributed by atoms with Gasteiger partial charge in [-0.25, -0.2) is 0 Å². The number of amides is 1. The SMILES string of the molecule is COCCN(CCCN)C(=O)c1cnn(C)c1C. The second-order valence-electron chi connectivity index (χ2n) is 4.19. The van der Waals surface area contributed by atoms with E-state index in [1.54, 1.807) is 22.9 Å². The van der Waals surface area contributed by atoms with Crippen LogP contribution < -0.4 is 5.73 Å². The van der Waals surface area contributed by atoms with Crippen LogP contribution in [-0.2, 0) is 11.8 Å².